The van der Waals surface area contributed by atoms with Crippen LogP contribution in [0.25, 0.3) is 0 Å². The van der Waals surface area contributed by atoms with Crippen LogP contribution < -0.4 is 5.32 Å². The van der Waals surface area contributed by atoms with Crippen molar-refractivity contribution in [2.75, 3.05) is 32.0 Å². The minimum Gasteiger partial charge on any atom is -0.369 e. The number of hydrogen-bond acceptors (Lipinski definition) is 4. The summed E-state index contributed by atoms with van der Waals surface area (Å²) in [5.74, 6) is 0.800. The fraction of sp³-hybridized carbons (Fsp3) is 0.571. The second-order valence-corrected chi connectivity index (χ2v) is 5.51. The van der Waals surface area contributed by atoms with Gasteiger partial charge in [0.05, 0.1) is 11.6 Å². The highest BCUT2D eigenvalue weighted by atomic mass is 15.1. The van der Waals surface area contributed by atoms with Crippen molar-refractivity contribution < 1.29 is 0 Å². The van der Waals surface area contributed by atoms with E-state index in [2.05, 4.69) is 35.2 Å². The zero-order valence-electron chi connectivity index (χ0n) is 11.1. The van der Waals surface area contributed by atoms with Gasteiger partial charge in [0, 0.05) is 12.7 Å². The number of nitriles is 1. The van der Waals surface area contributed by atoms with Crippen molar-refractivity contribution in [2.45, 2.75) is 19.8 Å². The van der Waals surface area contributed by atoms with Gasteiger partial charge in [-0.3, -0.25) is 0 Å². The predicted molar refractivity (Wildman–Crippen MR) is 72.3 cm³/mol. The van der Waals surface area contributed by atoms with E-state index in [4.69, 9.17) is 5.26 Å². The molecule has 0 saturated carbocycles. The molecule has 0 radical (unpaired) electrons. The molecule has 1 saturated heterocycles. The Morgan fingerprint density at radius 3 is 2.89 bits per heavy atom. The van der Waals surface area contributed by atoms with E-state index in [1.807, 2.05) is 0 Å². The number of rotatable bonds is 3. The molecule has 0 bridgehead atoms. The summed E-state index contributed by atoms with van der Waals surface area (Å²) < 4.78 is 0. The molecule has 0 unspecified atom stereocenters. The molecule has 2 rings (SSSR count). The summed E-state index contributed by atoms with van der Waals surface area (Å²) >= 11 is 0. The molecular weight excluding hydrogens is 224 g/mol. The molecule has 96 valence electrons. The van der Waals surface area contributed by atoms with E-state index < -0.39 is 0 Å². The van der Waals surface area contributed by atoms with E-state index in [0.717, 1.165) is 25.5 Å². The molecule has 18 heavy (non-hydrogen) atoms. The Labute approximate surface area is 109 Å². The molecule has 2 heterocycles. The fourth-order valence-electron chi connectivity index (χ4n) is 2.24. The molecule has 0 atom stereocenters. The van der Waals surface area contributed by atoms with Crippen LogP contribution in [0.3, 0.4) is 0 Å². The number of anilines is 1. The van der Waals surface area contributed by atoms with Crippen LogP contribution in [0, 0.1) is 16.7 Å². The average Bonchev–Trinajstić information content (AvgIpc) is 2.41. The van der Waals surface area contributed by atoms with Crippen molar-refractivity contribution in [2.24, 2.45) is 5.41 Å². The summed E-state index contributed by atoms with van der Waals surface area (Å²) in [7, 11) is 2.17. The van der Waals surface area contributed by atoms with Gasteiger partial charge in [0.15, 0.2) is 0 Å². The van der Waals surface area contributed by atoms with E-state index in [9.17, 15) is 0 Å². The number of hydrogen-bond donors (Lipinski definition) is 1. The first-order valence-corrected chi connectivity index (χ1v) is 6.40. The second-order valence-electron chi connectivity index (χ2n) is 5.51. The highest BCUT2D eigenvalue weighted by molar-refractivity contribution is 5.42. The number of pyridine rings is 1. The topological polar surface area (TPSA) is 52.0 Å². The van der Waals surface area contributed by atoms with Crippen molar-refractivity contribution in [3.8, 4) is 6.07 Å². The van der Waals surface area contributed by atoms with Crippen LogP contribution >= 0.6 is 0 Å². The van der Waals surface area contributed by atoms with Gasteiger partial charge in [-0.25, -0.2) is 4.98 Å². The van der Waals surface area contributed by atoms with Gasteiger partial charge in [-0.1, -0.05) is 6.92 Å². The Morgan fingerprint density at radius 1 is 1.50 bits per heavy atom. The lowest BCUT2D eigenvalue weighted by molar-refractivity contribution is 0.150. The molecule has 0 spiro atoms. The van der Waals surface area contributed by atoms with Gasteiger partial charge in [0.25, 0.3) is 0 Å². The van der Waals surface area contributed by atoms with Crippen molar-refractivity contribution in [1.82, 2.24) is 9.88 Å². The molecule has 1 aromatic rings. The summed E-state index contributed by atoms with van der Waals surface area (Å²) in [5, 5.41) is 12.2. The summed E-state index contributed by atoms with van der Waals surface area (Å²) in [4.78, 5) is 6.62. The van der Waals surface area contributed by atoms with E-state index in [1.165, 1.54) is 12.8 Å². The Balaban J connectivity index is 1.93. The Bertz CT molecular complexity index is 441. The van der Waals surface area contributed by atoms with Crippen LogP contribution in [0.5, 0.6) is 0 Å². The van der Waals surface area contributed by atoms with Crippen LogP contribution in [0.15, 0.2) is 18.3 Å². The van der Waals surface area contributed by atoms with Gasteiger partial charge in [0.2, 0.25) is 0 Å². The van der Waals surface area contributed by atoms with Gasteiger partial charge in [-0.15, -0.1) is 0 Å². The van der Waals surface area contributed by atoms with Crippen LogP contribution in [0.4, 0.5) is 5.82 Å². The molecule has 0 amide bonds. The normalized spacial score (nSPS) is 19.2. The van der Waals surface area contributed by atoms with Gasteiger partial charge < -0.3 is 10.2 Å². The number of nitrogens with one attached hydrogen (secondary N) is 1. The lowest BCUT2D eigenvalue weighted by atomic mass is 9.80. The number of nitrogens with zero attached hydrogens (tertiary/aromatic N) is 3. The number of likely N-dealkylation sites (tertiary alicyclic amines) is 1. The Morgan fingerprint density at radius 2 is 2.22 bits per heavy atom. The molecule has 1 aliphatic heterocycles. The van der Waals surface area contributed by atoms with E-state index in [0.29, 0.717) is 11.0 Å². The van der Waals surface area contributed by atoms with Crippen molar-refractivity contribution >= 4 is 5.82 Å². The molecular formula is C14H20N4. The lowest BCUT2D eigenvalue weighted by Gasteiger charge is -2.38. The van der Waals surface area contributed by atoms with Crippen LogP contribution in [-0.2, 0) is 0 Å². The van der Waals surface area contributed by atoms with Crippen LogP contribution in [-0.4, -0.2) is 36.6 Å². The third-order valence-electron chi connectivity index (χ3n) is 3.78. The highest BCUT2D eigenvalue weighted by Crippen LogP contribution is 2.30. The molecule has 1 N–H and O–H groups in total. The molecule has 0 aliphatic carbocycles. The standard InChI is InChI=1S/C14H20N4/c1-14(4-7-18(2)8-5-14)11-17-13-9-12(10-15)3-6-16-13/h3,6,9H,4-5,7-8,11H2,1-2H3,(H,16,17). The maximum Gasteiger partial charge on any atom is 0.127 e. The van der Waals surface area contributed by atoms with Crippen molar-refractivity contribution in [1.29, 1.82) is 5.26 Å². The molecule has 0 aromatic carbocycles. The van der Waals surface area contributed by atoms with Gasteiger partial charge >= 0.3 is 0 Å². The minimum absolute atomic E-state index is 0.330. The third kappa shape index (κ3) is 3.21. The predicted octanol–water partition coefficient (Wildman–Crippen LogP) is 2.10. The summed E-state index contributed by atoms with van der Waals surface area (Å²) in [6.07, 6.45) is 4.08. The quantitative estimate of drug-likeness (QED) is 0.884. The largest absolute Gasteiger partial charge is 0.369 e. The zero-order chi connectivity index (χ0) is 13.0. The first-order valence-electron chi connectivity index (χ1n) is 6.40. The van der Waals surface area contributed by atoms with Crippen molar-refractivity contribution in [3.63, 3.8) is 0 Å². The van der Waals surface area contributed by atoms with E-state index in [-0.39, 0.29) is 0 Å². The van der Waals surface area contributed by atoms with Gasteiger partial charge in [-0.2, -0.15) is 5.26 Å². The van der Waals surface area contributed by atoms with E-state index >= 15 is 0 Å². The number of aromatic nitrogens is 1. The van der Waals surface area contributed by atoms with Crippen LogP contribution in [0.1, 0.15) is 25.3 Å². The molecule has 1 aliphatic rings. The maximum absolute atomic E-state index is 8.85. The van der Waals surface area contributed by atoms with Gasteiger partial charge in [0.1, 0.15) is 5.82 Å². The van der Waals surface area contributed by atoms with Crippen LogP contribution in [0.2, 0.25) is 0 Å². The van der Waals surface area contributed by atoms with Gasteiger partial charge in [-0.05, 0) is 50.5 Å². The summed E-state index contributed by atoms with van der Waals surface area (Å²) in [6.45, 7) is 5.55. The smallest absolute Gasteiger partial charge is 0.127 e. The monoisotopic (exact) mass is 244 g/mol. The Kier molecular flexibility index (Phi) is 3.83. The summed E-state index contributed by atoms with van der Waals surface area (Å²) in [5.41, 5.74) is 0.984. The first kappa shape index (κ1) is 12.8. The molecule has 4 nitrogen and oxygen atoms in total. The zero-order valence-corrected chi connectivity index (χ0v) is 11.1. The number of piperidine rings is 1. The molecule has 1 aromatic heterocycles. The maximum atomic E-state index is 8.85. The Hall–Kier alpha value is -1.60. The lowest BCUT2D eigenvalue weighted by Crippen LogP contribution is -2.40. The second kappa shape index (κ2) is 5.36. The SMILES string of the molecule is CN1CCC(C)(CNc2cc(C#N)ccn2)CC1. The average molecular weight is 244 g/mol. The minimum atomic E-state index is 0.330. The highest BCUT2D eigenvalue weighted by Gasteiger charge is 2.28. The third-order valence-corrected chi connectivity index (χ3v) is 3.78. The van der Waals surface area contributed by atoms with E-state index in [1.54, 1.807) is 18.3 Å². The molecule has 4 heteroatoms. The van der Waals surface area contributed by atoms with Crippen molar-refractivity contribution in [3.05, 3.63) is 23.9 Å². The fourth-order valence-corrected chi connectivity index (χ4v) is 2.24. The molecule has 1 fully saturated rings. The summed E-state index contributed by atoms with van der Waals surface area (Å²) in [6, 6.07) is 5.66. The first-order chi connectivity index (χ1) is 8.61.